The zero-order valence-electron chi connectivity index (χ0n) is 15.2. The summed E-state index contributed by atoms with van der Waals surface area (Å²) in [6.45, 7) is 4.54. The summed E-state index contributed by atoms with van der Waals surface area (Å²) in [6.07, 6.45) is 0.906. The summed E-state index contributed by atoms with van der Waals surface area (Å²) in [4.78, 5) is 0.228. The first-order valence-corrected chi connectivity index (χ1v) is 10.1. The van der Waals surface area contributed by atoms with Crippen LogP contribution in [0.3, 0.4) is 0 Å². The molecule has 0 aliphatic rings. The van der Waals surface area contributed by atoms with Gasteiger partial charge < -0.3 is 4.74 Å². The zero-order valence-corrected chi connectivity index (χ0v) is 16.0. The molecule has 1 heterocycles. The summed E-state index contributed by atoms with van der Waals surface area (Å²) in [7, 11) is -3.62. The van der Waals surface area contributed by atoms with Crippen molar-refractivity contribution in [3.63, 3.8) is 0 Å². The van der Waals surface area contributed by atoms with E-state index < -0.39 is 10.0 Å². The summed E-state index contributed by atoms with van der Waals surface area (Å²) >= 11 is 0. The molecule has 3 aromatic rings. The number of nitrogens with one attached hydrogen (secondary N) is 1. The third-order valence-corrected chi connectivity index (χ3v) is 5.26. The highest BCUT2D eigenvalue weighted by Crippen LogP contribution is 2.22. The molecular weight excluding hydrogens is 362 g/mol. The van der Waals surface area contributed by atoms with Gasteiger partial charge in [-0.3, -0.25) is 4.72 Å². The molecule has 0 radical (unpaired) electrons. The number of anilines is 1. The summed E-state index contributed by atoms with van der Waals surface area (Å²) in [6, 6.07) is 17.3. The molecule has 2 aromatic carbocycles. The van der Waals surface area contributed by atoms with Gasteiger partial charge in [-0.2, -0.15) is 0 Å². The topological polar surface area (TPSA) is 81.2 Å². The number of hydrogen-bond acceptors (Lipinski definition) is 5. The average Bonchev–Trinajstić information content (AvgIpc) is 2.67. The lowest BCUT2D eigenvalue weighted by Gasteiger charge is -2.09. The minimum absolute atomic E-state index is 0.228. The van der Waals surface area contributed by atoms with Crippen molar-refractivity contribution in [2.75, 3.05) is 11.3 Å². The van der Waals surface area contributed by atoms with E-state index in [2.05, 4.69) is 14.9 Å². The zero-order chi connectivity index (χ0) is 19.3. The van der Waals surface area contributed by atoms with Crippen molar-refractivity contribution < 1.29 is 13.2 Å². The van der Waals surface area contributed by atoms with Gasteiger partial charge in [-0.15, -0.1) is 10.2 Å². The fraction of sp³-hybridized carbons (Fsp3) is 0.200. The predicted octanol–water partition coefficient (Wildman–Crippen LogP) is 4.04. The highest BCUT2D eigenvalue weighted by atomic mass is 32.2. The minimum atomic E-state index is -3.62. The Morgan fingerprint density at radius 2 is 1.63 bits per heavy atom. The molecule has 6 nitrogen and oxygen atoms in total. The SMILES string of the molecule is CCCOc1ccc(-c2ccc(NS(=O)(=O)c3ccc(C)cc3)cc2)nn1. The molecule has 0 aliphatic carbocycles. The van der Waals surface area contributed by atoms with E-state index in [0.717, 1.165) is 17.5 Å². The lowest BCUT2D eigenvalue weighted by atomic mass is 10.1. The second-order valence-corrected chi connectivity index (χ2v) is 7.78. The molecule has 7 heteroatoms. The van der Waals surface area contributed by atoms with Crippen LogP contribution in [-0.4, -0.2) is 25.2 Å². The van der Waals surface area contributed by atoms with Gasteiger partial charge >= 0.3 is 0 Å². The van der Waals surface area contributed by atoms with Crippen LogP contribution < -0.4 is 9.46 Å². The van der Waals surface area contributed by atoms with Gasteiger partial charge in [-0.1, -0.05) is 36.8 Å². The lowest BCUT2D eigenvalue weighted by Crippen LogP contribution is -2.12. The Hall–Kier alpha value is -2.93. The van der Waals surface area contributed by atoms with Gasteiger partial charge in [0.15, 0.2) is 0 Å². The van der Waals surface area contributed by atoms with Crippen molar-refractivity contribution in [1.82, 2.24) is 10.2 Å². The summed E-state index contributed by atoms with van der Waals surface area (Å²) in [5.74, 6) is 0.489. The smallest absolute Gasteiger partial charge is 0.261 e. The van der Waals surface area contributed by atoms with Crippen molar-refractivity contribution in [3.8, 4) is 17.1 Å². The maximum atomic E-state index is 12.4. The molecule has 0 saturated heterocycles. The van der Waals surface area contributed by atoms with Crippen LogP contribution >= 0.6 is 0 Å². The molecule has 0 aliphatic heterocycles. The molecule has 0 amide bonds. The van der Waals surface area contributed by atoms with Crippen LogP contribution in [0.15, 0.2) is 65.6 Å². The molecular formula is C20H21N3O3S. The summed E-state index contributed by atoms with van der Waals surface area (Å²) in [5, 5.41) is 8.19. The number of nitrogens with zero attached hydrogens (tertiary/aromatic N) is 2. The van der Waals surface area contributed by atoms with Crippen molar-refractivity contribution in [1.29, 1.82) is 0 Å². The average molecular weight is 383 g/mol. The second-order valence-electron chi connectivity index (χ2n) is 6.10. The lowest BCUT2D eigenvalue weighted by molar-refractivity contribution is 0.302. The molecule has 0 bridgehead atoms. The van der Waals surface area contributed by atoms with Crippen molar-refractivity contribution >= 4 is 15.7 Å². The van der Waals surface area contributed by atoms with Crippen LogP contribution in [0.25, 0.3) is 11.3 Å². The van der Waals surface area contributed by atoms with E-state index in [0.29, 0.717) is 23.9 Å². The standard InChI is InChI=1S/C20H21N3O3S/c1-3-14-26-20-13-12-19(21-22-20)16-6-8-17(9-7-16)23-27(24,25)18-10-4-15(2)5-11-18/h4-13,23H,3,14H2,1-2H3. The first kappa shape index (κ1) is 18.8. The number of sulfonamides is 1. The van der Waals surface area contributed by atoms with Crippen molar-refractivity contribution in [2.45, 2.75) is 25.2 Å². The Labute approximate surface area is 159 Å². The van der Waals surface area contributed by atoms with E-state index in [1.54, 1.807) is 54.6 Å². The van der Waals surface area contributed by atoms with Gasteiger partial charge in [0.2, 0.25) is 5.88 Å². The normalized spacial score (nSPS) is 11.2. The third kappa shape index (κ3) is 4.83. The Morgan fingerprint density at radius 1 is 0.926 bits per heavy atom. The van der Waals surface area contributed by atoms with Crippen molar-refractivity contribution in [3.05, 3.63) is 66.2 Å². The third-order valence-electron chi connectivity index (χ3n) is 3.86. The number of hydrogen-bond donors (Lipinski definition) is 1. The molecule has 3 rings (SSSR count). The first-order chi connectivity index (χ1) is 13.0. The van der Waals surface area contributed by atoms with Gasteiger partial charge in [-0.25, -0.2) is 8.42 Å². The fourth-order valence-electron chi connectivity index (χ4n) is 2.40. The van der Waals surface area contributed by atoms with Crippen LogP contribution in [0.4, 0.5) is 5.69 Å². The Morgan fingerprint density at radius 3 is 2.22 bits per heavy atom. The van der Waals surface area contributed by atoms with Crippen LogP contribution in [0, 0.1) is 6.92 Å². The van der Waals surface area contributed by atoms with Crippen LogP contribution in [-0.2, 0) is 10.0 Å². The van der Waals surface area contributed by atoms with Crippen molar-refractivity contribution in [2.24, 2.45) is 0 Å². The quantitative estimate of drug-likeness (QED) is 0.666. The minimum Gasteiger partial charge on any atom is -0.477 e. The van der Waals surface area contributed by atoms with Gasteiger partial charge in [0.1, 0.15) is 0 Å². The Bertz CT molecular complexity index is 984. The number of aryl methyl sites for hydroxylation is 1. The fourth-order valence-corrected chi connectivity index (χ4v) is 3.46. The van der Waals surface area contributed by atoms with Gasteiger partial charge in [0, 0.05) is 17.3 Å². The maximum absolute atomic E-state index is 12.4. The van der Waals surface area contributed by atoms with E-state index in [4.69, 9.17) is 4.74 Å². The molecule has 0 unspecified atom stereocenters. The van der Waals surface area contributed by atoms with E-state index in [-0.39, 0.29) is 4.90 Å². The number of benzene rings is 2. The number of aromatic nitrogens is 2. The maximum Gasteiger partial charge on any atom is 0.261 e. The molecule has 140 valence electrons. The first-order valence-electron chi connectivity index (χ1n) is 8.64. The molecule has 0 fully saturated rings. The van der Waals surface area contributed by atoms with E-state index in [1.165, 1.54) is 0 Å². The second kappa shape index (κ2) is 8.18. The molecule has 1 N–H and O–H groups in total. The summed E-state index contributed by atoms with van der Waals surface area (Å²) in [5.41, 5.74) is 3.01. The van der Waals surface area contributed by atoms with Crippen LogP contribution in [0.5, 0.6) is 5.88 Å². The van der Waals surface area contributed by atoms with Crippen LogP contribution in [0.2, 0.25) is 0 Å². The van der Waals surface area contributed by atoms with E-state index >= 15 is 0 Å². The highest BCUT2D eigenvalue weighted by Gasteiger charge is 2.14. The Kier molecular flexibility index (Phi) is 5.71. The molecule has 0 saturated carbocycles. The highest BCUT2D eigenvalue weighted by molar-refractivity contribution is 7.92. The van der Waals surface area contributed by atoms with Gasteiger partial charge in [-0.05, 0) is 43.7 Å². The van der Waals surface area contributed by atoms with Crippen LogP contribution in [0.1, 0.15) is 18.9 Å². The predicted molar refractivity (Wildman–Crippen MR) is 105 cm³/mol. The number of ether oxygens (including phenoxy) is 1. The van der Waals surface area contributed by atoms with Gasteiger partial charge in [0.25, 0.3) is 10.0 Å². The monoisotopic (exact) mass is 383 g/mol. The van der Waals surface area contributed by atoms with E-state index in [1.807, 2.05) is 19.9 Å². The molecule has 27 heavy (non-hydrogen) atoms. The largest absolute Gasteiger partial charge is 0.477 e. The Balaban J connectivity index is 1.72. The molecule has 0 spiro atoms. The molecule has 0 atom stereocenters. The molecule has 1 aromatic heterocycles. The van der Waals surface area contributed by atoms with Gasteiger partial charge in [0.05, 0.1) is 17.2 Å². The summed E-state index contributed by atoms with van der Waals surface area (Å²) < 4.78 is 32.9. The number of rotatable bonds is 7. The van der Waals surface area contributed by atoms with E-state index in [9.17, 15) is 8.42 Å².